The van der Waals surface area contributed by atoms with Gasteiger partial charge in [0.15, 0.2) is 16.6 Å². The van der Waals surface area contributed by atoms with E-state index < -0.39 is 0 Å². The number of anilines is 1. The lowest BCUT2D eigenvalue weighted by Gasteiger charge is -2.32. The standard InChI is InChI=1S/C25H24N4O4S/c1-2-31-24(30)16-9-11-29(12-10-16)25(34)26-17-7-8-18-19(15-17)28-23(21-6-4-14-33-21)22(27-18)20-5-3-13-32-20/h3-8,13-16H,2,9-12H2,1H3,(H,26,34). The van der Waals surface area contributed by atoms with Crippen molar-refractivity contribution in [1.29, 1.82) is 0 Å². The summed E-state index contributed by atoms with van der Waals surface area (Å²) in [6.45, 7) is 3.65. The van der Waals surface area contributed by atoms with Crippen LogP contribution < -0.4 is 5.32 Å². The number of aromatic nitrogens is 2. The second-order valence-corrected chi connectivity index (χ2v) is 8.41. The molecule has 1 aliphatic rings. The molecule has 0 bridgehead atoms. The first kappa shape index (κ1) is 22.1. The third-order valence-corrected chi connectivity index (χ3v) is 6.19. The van der Waals surface area contributed by atoms with Gasteiger partial charge in [0.25, 0.3) is 0 Å². The second-order valence-electron chi connectivity index (χ2n) is 8.02. The number of ether oxygens (including phenoxy) is 1. The monoisotopic (exact) mass is 476 g/mol. The van der Waals surface area contributed by atoms with Gasteiger partial charge in [0, 0.05) is 18.8 Å². The fraction of sp³-hybridized carbons (Fsp3) is 0.280. The number of thiocarbonyl (C=S) groups is 1. The van der Waals surface area contributed by atoms with E-state index in [4.69, 9.17) is 35.8 Å². The summed E-state index contributed by atoms with van der Waals surface area (Å²) in [4.78, 5) is 23.7. The van der Waals surface area contributed by atoms with Crippen LogP contribution in [0.2, 0.25) is 0 Å². The average Bonchev–Trinajstić information content (AvgIpc) is 3.58. The van der Waals surface area contributed by atoms with E-state index in [1.54, 1.807) is 12.5 Å². The normalized spacial score (nSPS) is 14.3. The molecule has 174 valence electrons. The molecule has 0 amide bonds. The van der Waals surface area contributed by atoms with E-state index in [0.717, 1.165) is 24.0 Å². The minimum Gasteiger partial charge on any atom is -0.466 e. The molecule has 0 radical (unpaired) electrons. The molecule has 0 unspecified atom stereocenters. The minimum absolute atomic E-state index is 0.0571. The number of hydrogen-bond acceptors (Lipinski definition) is 7. The summed E-state index contributed by atoms with van der Waals surface area (Å²) in [7, 11) is 0. The topological polar surface area (TPSA) is 93.6 Å². The number of rotatable bonds is 5. The van der Waals surface area contributed by atoms with Gasteiger partial charge in [-0.2, -0.15) is 0 Å². The summed E-state index contributed by atoms with van der Waals surface area (Å²) in [6, 6.07) is 13.1. The van der Waals surface area contributed by atoms with Crippen LogP contribution in [-0.4, -0.2) is 45.6 Å². The van der Waals surface area contributed by atoms with E-state index in [0.29, 0.717) is 53.2 Å². The van der Waals surface area contributed by atoms with E-state index in [2.05, 4.69) is 10.2 Å². The van der Waals surface area contributed by atoms with Gasteiger partial charge < -0.3 is 23.8 Å². The maximum atomic E-state index is 12.0. The molecule has 4 aromatic rings. The van der Waals surface area contributed by atoms with Crippen molar-refractivity contribution in [3.05, 3.63) is 55.0 Å². The average molecular weight is 477 g/mol. The highest BCUT2D eigenvalue weighted by atomic mass is 32.1. The number of nitrogens with one attached hydrogen (secondary N) is 1. The third-order valence-electron chi connectivity index (χ3n) is 5.83. The molecule has 3 aromatic heterocycles. The Morgan fingerprint density at radius 2 is 1.71 bits per heavy atom. The molecule has 5 rings (SSSR count). The van der Waals surface area contributed by atoms with Crippen molar-refractivity contribution in [1.82, 2.24) is 14.9 Å². The summed E-state index contributed by atoms with van der Waals surface area (Å²) < 4.78 is 16.3. The predicted octanol–water partition coefficient (Wildman–Crippen LogP) is 5.12. The van der Waals surface area contributed by atoms with Gasteiger partial charge in [-0.15, -0.1) is 0 Å². The number of esters is 1. The lowest BCUT2D eigenvalue weighted by molar-refractivity contribution is -0.149. The molecule has 0 aliphatic carbocycles. The number of hydrogen-bond donors (Lipinski definition) is 1. The number of nitrogens with zero attached hydrogens (tertiary/aromatic N) is 3. The van der Waals surface area contributed by atoms with Crippen molar-refractivity contribution < 1.29 is 18.4 Å². The smallest absolute Gasteiger partial charge is 0.309 e. The van der Waals surface area contributed by atoms with Crippen molar-refractivity contribution in [3.8, 4) is 22.9 Å². The van der Waals surface area contributed by atoms with Gasteiger partial charge in [0.05, 0.1) is 36.1 Å². The number of piperidine rings is 1. The van der Waals surface area contributed by atoms with Crippen LogP contribution in [0.15, 0.2) is 63.8 Å². The van der Waals surface area contributed by atoms with Crippen LogP contribution in [0.3, 0.4) is 0 Å². The van der Waals surface area contributed by atoms with Crippen LogP contribution in [0.5, 0.6) is 0 Å². The second kappa shape index (κ2) is 9.64. The molecule has 34 heavy (non-hydrogen) atoms. The zero-order valence-corrected chi connectivity index (χ0v) is 19.5. The van der Waals surface area contributed by atoms with Crippen molar-refractivity contribution >= 4 is 40.0 Å². The molecule has 1 saturated heterocycles. The zero-order chi connectivity index (χ0) is 23.5. The van der Waals surface area contributed by atoms with Gasteiger partial charge in [-0.05, 0) is 74.4 Å². The van der Waals surface area contributed by atoms with E-state index in [-0.39, 0.29) is 11.9 Å². The number of carbonyl (C=O) groups is 1. The van der Waals surface area contributed by atoms with Crippen LogP contribution in [-0.2, 0) is 9.53 Å². The Labute approximate surface area is 201 Å². The Balaban J connectivity index is 1.36. The number of benzene rings is 1. The van der Waals surface area contributed by atoms with Crippen molar-refractivity contribution in [3.63, 3.8) is 0 Å². The SMILES string of the molecule is CCOC(=O)C1CCN(C(=S)Nc2ccc3nc(-c4ccco4)c(-c4ccco4)nc3c2)CC1. The molecule has 1 N–H and O–H groups in total. The quantitative estimate of drug-likeness (QED) is 0.311. The molecule has 1 fully saturated rings. The zero-order valence-electron chi connectivity index (χ0n) is 18.7. The van der Waals surface area contributed by atoms with Crippen molar-refractivity contribution in [2.24, 2.45) is 5.92 Å². The van der Waals surface area contributed by atoms with Crippen LogP contribution in [0.4, 0.5) is 5.69 Å². The van der Waals surface area contributed by atoms with Gasteiger partial charge >= 0.3 is 5.97 Å². The molecule has 8 nitrogen and oxygen atoms in total. The van der Waals surface area contributed by atoms with E-state index in [9.17, 15) is 4.79 Å². The molecule has 0 spiro atoms. The Bertz CT molecular complexity index is 1300. The van der Waals surface area contributed by atoms with Gasteiger partial charge in [0.1, 0.15) is 11.4 Å². The molecule has 4 heterocycles. The minimum atomic E-state index is -0.115. The number of furan rings is 2. The highest BCUT2D eigenvalue weighted by Gasteiger charge is 2.27. The largest absolute Gasteiger partial charge is 0.466 e. The Hall–Kier alpha value is -3.72. The van der Waals surface area contributed by atoms with E-state index in [1.165, 1.54) is 0 Å². The molecular formula is C25H24N4O4S. The first-order valence-electron chi connectivity index (χ1n) is 11.2. The molecule has 1 aromatic carbocycles. The highest BCUT2D eigenvalue weighted by Crippen LogP contribution is 2.32. The van der Waals surface area contributed by atoms with Crippen LogP contribution in [0.25, 0.3) is 33.9 Å². The summed E-state index contributed by atoms with van der Waals surface area (Å²) >= 11 is 5.64. The third kappa shape index (κ3) is 4.51. The van der Waals surface area contributed by atoms with Crippen LogP contribution >= 0.6 is 12.2 Å². The molecule has 1 aliphatic heterocycles. The summed E-state index contributed by atoms with van der Waals surface area (Å²) in [5.74, 6) is 1.06. The molecule has 0 saturated carbocycles. The fourth-order valence-electron chi connectivity index (χ4n) is 4.08. The predicted molar refractivity (Wildman–Crippen MR) is 132 cm³/mol. The summed E-state index contributed by atoms with van der Waals surface area (Å²) in [5, 5.41) is 3.92. The Kier molecular flexibility index (Phi) is 6.27. The van der Waals surface area contributed by atoms with Crippen LogP contribution in [0, 0.1) is 5.92 Å². The fourth-order valence-corrected chi connectivity index (χ4v) is 4.38. The summed E-state index contributed by atoms with van der Waals surface area (Å²) in [6.07, 6.45) is 4.67. The molecule has 9 heteroatoms. The number of likely N-dealkylation sites (tertiary alicyclic amines) is 1. The van der Waals surface area contributed by atoms with Crippen LogP contribution in [0.1, 0.15) is 19.8 Å². The van der Waals surface area contributed by atoms with Gasteiger partial charge in [-0.1, -0.05) is 0 Å². The van der Waals surface area contributed by atoms with E-state index in [1.807, 2.05) is 49.4 Å². The lowest BCUT2D eigenvalue weighted by Crippen LogP contribution is -2.42. The maximum absolute atomic E-state index is 12.0. The first-order valence-corrected chi connectivity index (χ1v) is 11.7. The van der Waals surface area contributed by atoms with Crippen molar-refractivity contribution in [2.75, 3.05) is 25.0 Å². The maximum Gasteiger partial charge on any atom is 0.309 e. The Morgan fingerprint density at radius 1 is 1.06 bits per heavy atom. The first-order chi connectivity index (χ1) is 16.6. The highest BCUT2D eigenvalue weighted by molar-refractivity contribution is 7.80. The number of fused-ring (bicyclic) bond motifs is 1. The molecule has 0 atom stereocenters. The molecular weight excluding hydrogens is 452 g/mol. The number of carbonyl (C=O) groups excluding carboxylic acids is 1. The van der Waals surface area contributed by atoms with Gasteiger partial charge in [-0.3, -0.25) is 4.79 Å². The van der Waals surface area contributed by atoms with Gasteiger partial charge in [-0.25, -0.2) is 9.97 Å². The van der Waals surface area contributed by atoms with Gasteiger partial charge in [0.2, 0.25) is 0 Å². The van der Waals surface area contributed by atoms with Crippen molar-refractivity contribution in [2.45, 2.75) is 19.8 Å². The Morgan fingerprint density at radius 3 is 2.29 bits per heavy atom. The van der Waals surface area contributed by atoms with E-state index >= 15 is 0 Å². The summed E-state index contributed by atoms with van der Waals surface area (Å²) in [5.41, 5.74) is 3.47. The lowest BCUT2D eigenvalue weighted by atomic mass is 9.97.